The van der Waals surface area contributed by atoms with Crippen LogP contribution in [-0.4, -0.2) is 61.4 Å². The summed E-state index contributed by atoms with van der Waals surface area (Å²) in [5, 5.41) is 3.19. The minimum atomic E-state index is 0.148. The predicted molar refractivity (Wildman–Crippen MR) is 143 cm³/mol. The van der Waals surface area contributed by atoms with E-state index in [1.165, 1.54) is 5.56 Å². The lowest BCUT2D eigenvalue weighted by Gasteiger charge is -2.37. The lowest BCUT2D eigenvalue weighted by atomic mass is 9.93. The molecule has 3 aromatic heterocycles. The quantitative estimate of drug-likeness (QED) is 0.388. The van der Waals surface area contributed by atoms with E-state index in [0.717, 1.165) is 86.0 Å². The topological polar surface area (TPSA) is 67.2 Å². The zero-order valence-electron chi connectivity index (χ0n) is 20.7. The second-order valence-electron chi connectivity index (χ2n) is 10.0. The van der Waals surface area contributed by atoms with Crippen molar-refractivity contribution in [1.29, 1.82) is 0 Å². The summed E-state index contributed by atoms with van der Waals surface area (Å²) in [4.78, 5) is 31.9. The van der Waals surface area contributed by atoms with Gasteiger partial charge in [0.2, 0.25) is 5.91 Å². The Balaban J connectivity index is 1.13. The average Bonchev–Trinajstić information content (AvgIpc) is 3.57. The second kappa shape index (κ2) is 10.1. The van der Waals surface area contributed by atoms with Gasteiger partial charge in [0.1, 0.15) is 10.7 Å². The van der Waals surface area contributed by atoms with E-state index in [2.05, 4.69) is 49.5 Å². The van der Waals surface area contributed by atoms with Crippen molar-refractivity contribution in [3.05, 3.63) is 64.7 Å². The van der Waals surface area contributed by atoms with Crippen molar-refractivity contribution >= 4 is 28.3 Å². The molecule has 2 fully saturated rings. The number of aryl methyl sites for hydroxylation is 1. The first-order valence-electron chi connectivity index (χ1n) is 13.0. The van der Waals surface area contributed by atoms with Gasteiger partial charge >= 0.3 is 0 Å². The molecule has 2 aliphatic heterocycles. The standard InChI is InChI=1S/C28H32N6OS/c1-20-5-6-25-24(18-20)31-27(23-4-2-3-11-29-23)34(25)22-9-15-33(16-10-22)28(35)21-7-13-32(14-8-21)19-26-30-12-17-36-26/h2-6,11-12,17-18,21-22H,7-10,13-16,19H2,1H3. The molecule has 36 heavy (non-hydrogen) atoms. The zero-order chi connectivity index (χ0) is 24.5. The van der Waals surface area contributed by atoms with Crippen LogP contribution in [0.15, 0.2) is 54.2 Å². The molecule has 1 amide bonds. The van der Waals surface area contributed by atoms with Crippen LogP contribution in [0.3, 0.4) is 0 Å². The van der Waals surface area contributed by atoms with Crippen molar-refractivity contribution in [3.8, 4) is 11.5 Å². The number of rotatable bonds is 5. The highest BCUT2D eigenvalue weighted by Gasteiger charge is 2.32. The molecule has 5 heterocycles. The van der Waals surface area contributed by atoms with Crippen LogP contribution in [0.1, 0.15) is 42.3 Å². The summed E-state index contributed by atoms with van der Waals surface area (Å²) < 4.78 is 2.37. The van der Waals surface area contributed by atoms with Crippen molar-refractivity contribution in [1.82, 2.24) is 29.3 Å². The van der Waals surface area contributed by atoms with E-state index in [0.29, 0.717) is 11.9 Å². The highest BCUT2D eigenvalue weighted by atomic mass is 32.1. The molecule has 2 saturated heterocycles. The van der Waals surface area contributed by atoms with Crippen molar-refractivity contribution in [2.75, 3.05) is 26.2 Å². The average molecular weight is 501 g/mol. The molecule has 6 rings (SSSR count). The van der Waals surface area contributed by atoms with E-state index in [1.807, 2.05) is 36.0 Å². The molecule has 0 atom stereocenters. The number of amides is 1. The molecule has 0 unspecified atom stereocenters. The summed E-state index contributed by atoms with van der Waals surface area (Å²) >= 11 is 1.71. The van der Waals surface area contributed by atoms with Crippen LogP contribution >= 0.6 is 11.3 Å². The Morgan fingerprint density at radius 2 is 1.83 bits per heavy atom. The Bertz CT molecular complexity index is 1320. The van der Waals surface area contributed by atoms with Gasteiger partial charge in [-0.1, -0.05) is 12.1 Å². The van der Waals surface area contributed by atoms with E-state index in [9.17, 15) is 4.79 Å². The van der Waals surface area contributed by atoms with Gasteiger partial charge in [-0.15, -0.1) is 11.3 Å². The number of fused-ring (bicyclic) bond motifs is 1. The summed E-state index contributed by atoms with van der Waals surface area (Å²) in [5.74, 6) is 1.42. The number of carbonyl (C=O) groups excluding carboxylic acids is 1. The van der Waals surface area contributed by atoms with Crippen LogP contribution in [0.4, 0.5) is 0 Å². The van der Waals surface area contributed by atoms with Gasteiger partial charge in [0.05, 0.1) is 17.6 Å². The summed E-state index contributed by atoms with van der Waals surface area (Å²) in [6.45, 7) is 6.56. The third kappa shape index (κ3) is 4.67. The summed E-state index contributed by atoms with van der Waals surface area (Å²) in [5.41, 5.74) is 4.27. The normalized spacial score (nSPS) is 18.2. The number of nitrogens with zero attached hydrogens (tertiary/aromatic N) is 6. The van der Waals surface area contributed by atoms with E-state index < -0.39 is 0 Å². The van der Waals surface area contributed by atoms with Gasteiger partial charge in [0.15, 0.2) is 5.82 Å². The minimum Gasteiger partial charge on any atom is -0.342 e. The Hall–Kier alpha value is -3.10. The number of hydrogen-bond donors (Lipinski definition) is 0. The van der Waals surface area contributed by atoms with Crippen molar-refractivity contribution in [2.45, 2.75) is 45.2 Å². The first kappa shape index (κ1) is 23.3. The van der Waals surface area contributed by atoms with Crippen LogP contribution in [0.25, 0.3) is 22.6 Å². The fourth-order valence-corrected chi connectivity index (χ4v) is 6.37. The van der Waals surface area contributed by atoms with Gasteiger partial charge in [-0.05, 0) is 75.5 Å². The number of thiazole rings is 1. The molecule has 0 bridgehead atoms. The van der Waals surface area contributed by atoms with Gasteiger partial charge in [0.25, 0.3) is 0 Å². The molecule has 7 nitrogen and oxygen atoms in total. The van der Waals surface area contributed by atoms with Crippen LogP contribution in [0.5, 0.6) is 0 Å². The number of hydrogen-bond acceptors (Lipinski definition) is 6. The third-order valence-corrected chi connectivity index (χ3v) is 8.42. The maximum absolute atomic E-state index is 13.4. The maximum atomic E-state index is 13.4. The molecular weight excluding hydrogens is 468 g/mol. The van der Waals surface area contributed by atoms with Gasteiger partial charge in [-0.3, -0.25) is 14.7 Å². The second-order valence-corrected chi connectivity index (χ2v) is 11.0. The number of likely N-dealkylation sites (tertiary alicyclic amines) is 2. The SMILES string of the molecule is Cc1ccc2c(c1)nc(-c1ccccn1)n2C1CCN(C(=O)C2CCN(Cc3nccs3)CC2)CC1. The fourth-order valence-electron chi connectivity index (χ4n) is 5.72. The zero-order valence-corrected chi connectivity index (χ0v) is 21.5. The highest BCUT2D eigenvalue weighted by molar-refractivity contribution is 7.09. The number of piperidine rings is 2. The number of benzene rings is 1. The molecule has 2 aliphatic rings. The first-order chi connectivity index (χ1) is 17.7. The first-order valence-corrected chi connectivity index (χ1v) is 13.8. The number of pyridine rings is 1. The van der Waals surface area contributed by atoms with E-state index >= 15 is 0 Å². The number of carbonyl (C=O) groups is 1. The summed E-state index contributed by atoms with van der Waals surface area (Å²) in [7, 11) is 0. The predicted octanol–water partition coefficient (Wildman–Crippen LogP) is 4.94. The molecule has 186 valence electrons. The van der Waals surface area contributed by atoms with E-state index in [4.69, 9.17) is 4.98 Å². The lowest BCUT2D eigenvalue weighted by Crippen LogP contribution is -2.45. The van der Waals surface area contributed by atoms with Gasteiger partial charge in [0, 0.05) is 42.8 Å². The molecule has 0 spiro atoms. The molecule has 1 aromatic carbocycles. The van der Waals surface area contributed by atoms with Crippen molar-refractivity contribution in [3.63, 3.8) is 0 Å². The van der Waals surface area contributed by atoms with Crippen molar-refractivity contribution in [2.24, 2.45) is 5.92 Å². The molecule has 0 radical (unpaired) electrons. The van der Waals surface area contributed by atoms with Gasteiger partial charge in [-0.25, -0.2) is 9.97 Å². The number of imidazole rings is 1. The molecule has 0 N–H and O–H groups in total. The van der Waals surface area contributed by atoms with E-state index in [-0.39, 0.29) is 5.92 Å². The van der Waals surface area contributed by atoms with Gasteiger partial charge in [-0.2, -0.15) is 0 Å². The molecular formula is C28H32N6OS. The lowest BCUT2D eigenvalue weighted by molar-refractivity contribution is -0.138. The highest BCUT2D eigenvalue weighted by Crippen LogP contribution is 2.34. The van der Waals surface area contributed by atoms with Crippen LogP contribution in [0, 0.1) is 12.8 Å². The van der Waals surface area contributed by atoms with Crippen LogP contribution in [0.2, 0.25) is 0 Å². The molecule has 4 aromatic rings. The Morgan fingerprint density at radius 3 is 2.56 bits per heavy atom. The largest absolute Gasteiger partial charge is 0.342 e. The molecule has 0 aliphatic carbocycles. The van der Waals surface area contributed by atoms with Crippen molar-refractivity contribution < 1.29 is 4.79 Å². The fraction of sp³-hybridized carbons (Fsp3) is 0.429. The summed E-state index contributed by atoms with van der Waals surface area (Å²) in [6.07, 6.45) is 7.46. The van der Waals surface area contributed by atoms with Crippen LogP contribution < -0.4 is 0 Å². The molecule has 0 saturated carbocycles. The van der Waals surface area contributed by atoms with Crippen LogP contribution in [-0.2, 0) is 11.3 Å². The maximum Gasteiger partial charge on any atom is 0.225 e. The number of aromatic nitrogens is 4. The van der Waals surface area contributed by atoms with E-state index in [1.54, 1.807) is 11.3 Å². The Labute approximate surface area is 215 Å². The third-order valence-electron chi connectivity index (χ3n) is 7.66. The Kier molecular flexibility index (Phi) is 6.54. The Morgan fingerprint density at radius 1 is 1.00 bits per heavy atom. The smallest absolute Gasteiger partial charge is 0.225 e. The van der Waals surface area contributed by atoms with Gasteiger partial charge < -0.3 is 9.47 Å². The monoisotopic (exact) mass is 500 g/mol. The summed E-state index contributed by atoms with van der Waals surface area (Å²) in [6, 6.07) is 12.8. The minimum absolute atomic E-state index is 0.148. The molecule has 8 heteroatoms.